The van der Waals surface area contributed by atoms with Gasteiger partial charge in [-0.15, -0.1) is 5.10 Å². The van der Waals surface area contributed by atoms with Gasteiger partial charge in [0, 0.05) is 6.54 Å². The summed E-state index contributed by atoms with van der Waals surface area (Å²) in [6, 6.07) is 6.20. The summed E-state index contributed by atoms with van der Waals surface area (Å²) in [6.45, 7) is 3.40. The maximum atomic E-state index is 13.0. The molecule has 1 fully saturated rings. The van der Waals surface area contributed by atoms with E-state index in [0.717, 1.165) is 22.8 Å². The molecule has 0 spiro atoms. The summed E-state index contributed by atoms with van der Waals surface area (Å²) in [5, 5.41) is 3.99. The molecule has 3 rings (SSSR count). The van der Waals surface area contributed by atoms with Crippen LogP contribution in [0.5, 0.6) is 0 Å². The lowest BCUT2D eigenvalue weighted by Crippen LogP contribution is -2.42. The van der Waals surface area contributed by atoms with Crippen molar-refractivity contribution in [1.29, 1.82) is 0 Å². The number of carbonyl (C=O) groups excluding carboxylic acids is 1. The summed E-state index contributed by atoms with van der Waals surface area (Å²) in [5.41, 5.74) is 1.61. The van der Waals surface area contributed by atoms with Crippen molar-refractivity contribution in [3.05, 3.63) is 46.2 Å². The molecule has 0 radical (unpaired) electrons. The van der Waals surface area contributed by atoms with Crippen LogP contribution in [0.15, 0.2) is 24.3 Å². The second-order valence-electron chi connectivity index (χ2n) is 5.06. The van der Waals surface area contributed by atoms with E-state index in [1.165, 1.54) is 12.1 Å². The van der Waals surface area contributed by atoms with Crippen molar-refractivity contribution < 1.29 is 13.9 Å². The Balaban J connectivity index is 1.75. The predicted octanol–water partition coefficient (Wildman–Crippen LogP) is 2.45. The molecule has 2 heterocycles. The van der Waals surface area contributed by atoms with E-state index < -0.39 is 0 Å². The SMILES string of the molecule is CCc1nnsc1C(=O)N1CCOC(c2ccc(F)cc2)C1. The van der Waals surface area contributed by atoms with Crippen molar-refractivity contribution in [1.82, 2.24) is 14.5 Å². The lowest BCUT2D eigenvalue weighted by molar-refractivity contribution is -0.0227. The quantitative estimate of drug-likeness (QED) is 0.871. The molecule has 1 aromatic carbocycles. The van der Waals surface area contributed by atoms with Crippen LogP contribution in [-0.2, 0) is 11.2 Å². The van der Waals surface area contributed by atoms with E-state index >= 15 is 0 Å². The summed E-state index contributed by atoms with van der Waals surface area (Å²) in [6.07, 6.45) is 0.452. The second kappa shape index (κ2) is 6.50. The molecule has 1 amide bonds. The van der Waals surface area contributed by atoms with E-state index in [4.69, 9.17) is 4.74 Å². The van der Waals surface area contributed by atoms with Crippen LogP contribution in [0.1, 0.15) is 34.0 Å². The fourth-order valence-corrected chi connectivity index (χ4v) is 3.18. The molecule has 7 heteroatoms. The molecule has 5 nitrogen and oxygen atoms in total. The summed E-state index contributed by atoms with van der Waals surface area (Å²) >= 11 is 1.13. The Hall–Kier alpha value is -1.86. The Labute approximate surface area is 131 Å². The van der Waals surface area contributed by atoms with Crippen molar-refractivity contribution in [2.24, 2.45) is 0 Å². The number of rotatable bonds is 3. The number of aromatic nitrogens is 2. The normalized spacial score (nSPS) is 18.5. The highest BCUT2D eigenvalue weighted by Crippen LogP contribution is 2.24. The van der Waals surface area contributed by atoms with Gasteiger partial charge in [0.15, 0.2) is 0 Å². The highest BCUT2D eigenvalue weighted by Gasteiger charge is 2.28. The minimum absolute atomic E-state index is 0.0535. The van der Waals surface area contributed by atoms with Crippen LogP contribution in [0.3, 0.4) is 0 Å². The van der Waals surface area contributed by atoms with E-state index in [1.807, 2.05) is 6.92 Å². The smallest absolute Gasteiger partial charge is 0.267 e. The van der Waals surface area contributed by atoms with E-state index in [9.17, 15) is 9.18 Å². The van der Waals surface area contributed by atoms with Gasteiger partial charge in [-0.25, -0.2) is 4.39 Å². The van der Waals surface area contributed by atoms with Crippen LogP contribution < -0.4 is 0 Å². The predicted molar refractivity (Wildman–Crippen MR) is 80.3 cm³/mol. The van der Waals surface area contributed by atoms with Gasteiger partial charge in [-0.05, 0) is 35.6 Å². The first-order valence-electron chi connectivity index (χ1n) is 7.16. The number of hydrogen-bond acceptors (Lipinski definition) is 5. The molecule has 2 aromatic rings. The number of morpholine rings is 1. The number of aryl methyl sites for hydroxylation is 1. The fraction of sp³-hybridized carbons (Fsp3) is 0.400. The highest BCUT2D eigenvalue weighted by molar-refractivity contribution is 7.08. The Morgan fingerprint density at radius 3 is 2.95 bits per heavy atom. The lowest BCUT2D eigenvalue weighted by Gasteiger charge is -2.33. The average Bonchev–Trinajstić information content (AvgIpc) is 3.03. The zero-order chi connectivity index (χ0) is 15.5. The maximum absolute atomic E-state index is 13.0. The van der Waals surface area contributed by atoms with Crippen LogP contribution in [0.2, 0.25) is 0 Å². The minimum Gasteiger partial charge on any atom is -0.370 e. The first kappa shape index (κ1) is 15.1. The molecule has 1 aromatic heterocycles. The molecule has 1 saturated heterocycles. The lowest BCUT2D eigenvalue weighted by atomic mass is 10.1. The molecular formula is C15H16FN3O2S. The Morgan fingerprint density at radius 2 is 2.23 bits per heavy atom. The van der Waals surface area contributed by atoms with E-state index in [1.54, 1.807) is 17.0 Å². The van der Waals surface area contributed by atoms with Crippen LogP contribution in [0.25, 0.3) is 0 Å². The van der Waals surface area contributed by atoms with Gasteiger partial charge >= 0.3 is 0 Å². The van der Waals surface area contributed by atoms with Gasteiger partial charge in [-0.2, -0.15) is 0 Å². The Bertz CT molecular complexity index is 659. The van der Waals surface area contributed by atoms with Gasteiger partial charge in [0.2, 0.25) is 0 Å². The molecule has 0 saturated carbocycles. The summed E-state index contributed by atoms with van der Waals surface area (Å²) in [7, 11) is 0. The molecule has 0 bridgehead atoms. The van der Waals surface area contributed by atoms with Gasteiger partial charge < -0.3 is 9.64 Å². The highest BCUT2D eigenvalue weighted by atomic mass is 32.1. The largest absolute Gasteiger partial charge is 0.370 e. The van der Waals surface area contributed by atoms with Crippen LogP contribution in [-0.4, -0.2) is 40.1 Å². The number of halogens is 1. The zero-order valence-corrected chi connectivity index (χ0v) is 13.0. The first-order chi connectivity index (χ1) is 10.7. The van der Waals surface area contributed by atoms with E-state index in [0.29, 0.717) is 31.0 Å². The van der Waals surface area contributed by atoms with Crippen molar-refractivity contribution >= 4 is 17.4 Å². The van der Waals surface area contributed by atoms with E-state index in [-0.39, 0.29) is 17.8 Å². The van der Waals surface area contributed by atoms with Crippen molar-refractivity contribution in [3.63, 3.8) is 0 Å². The molecule has 1 aliphatic heterocycles. The number of ether oxygens (including phenoxy) is 1. The molecular weight excluding hydrogens is 305 g/mol. The van der Waals surface area contributed by atoms with Gasteiger partial charge in [0.25, 0.3) is 5.91 Å². The third kappa shape index (κ3) is 3.00. The zero-order valence-electron chi connectivity index (χ0n) is 12.2. The monoisotopic (exact) mass is 321 g/mol. The molecule has 0 aliphatic carbocycles. The molecule has 22 heavy (non-hydrogen) atoms. The Morgan fingerprint density at radius 1 is 1.45 bits per heavy atom. The topological polar surface area (TPSA) is 55.3 Å². The third-order valence-corrected chi connectivity index (χ3v) is 4.44. The molecule has 0 N–H and O–H groups in total. The second-order valence-corrected chi connectivity index (χ2v) is 5.82. The molecule has 1 aliphatic rings. The number of benzene rings is 1. The fourth-order valence-electron chi connectivity index (χ4n) is 2.46. The van der Waals surface area contributed by atoms with E-state index in [2.05, 4.69) is 9.59 Å². The van der Waals surface area contributed by atoms with Crippen molar-refractivity contribution in [2.45, 2.75) is 19.4 Å². The van der Waals surface area contributed by atoms with Crippen molar-refractivity contribution in [2.75, 3.05) is 19.7 Å². The number of nitrogens with zero attached hydrogens (tertiary/aromatic N) is 3. The summed E-state index contributed by atoms with van der Waals surface area (Å²) < 4.78 is 22.6. The third-order valence-electron chi connectivity index (χ3n) is 3.68. The van der Waals surface area contributed by atoms with Crippen LogP contribution in [0, 0.1) is 5.82 Å². The summed E-state index contributed by atoms with van der Waals surface area (Å²) in [4.78, 5) is 15.0. The standard InChI is InChI=1S/C15H16FN3O2S/c1-2-12-14(22-18-17-12)15(20)19-7-8-21-13(9-19)10-3-5-11(16)6-4-10/h3-6,13H,2,7-9H2,1H3. The van der Waals surface area contributed by atoms with Gasteiger partial charge in [0.1, 0.15) is 16.8 Å². The van der Waals surface area contributed by atoms with Crippen molar-refractivity contribution in [3.8, 4) is 0 Å². The number of hydrogen-bond donors (Lipinski definition) is 0. The number of amides is 1. The van der Waals surface area contributed by atoms with Gasteiger partial charge in [-0.1, -0.05) is 23.5 Å². The summed E-state index contributed by atoms with van der Waals surface area (Å²) in [5.74, 6) is -0.335. The maximum Gasteiger partial charge on any atom is 0.267 e. The number of carbonyl (C=O) groups is 1. The Kier molecular flexibility index (Phi) is 4.44. The van der Waals surface area contributed by atoms with Gasteiger partial charge in [-0.3, -0.25) is 4.79 Å². The minimum atomic E-state index is -0.282. The molecule has 1 atom stereocenters. The van der Waals surface area contributed by atoms with Crippen LogP contribution >= 0.6 is 11.5 Å². The van der Waals surface area contributed by atoms with Crippen LogP contribution in [0.4, 0.5) is 4.39 Å². The van der Waals surface area contributed by atoms with Gasteiger partial charge in [0.05, 0.1) is 18.8 Å². The first-order valence-corrected chi connectivity index (χ1v) is 7.94. The average molecular weight is 321 g/mol. The molecule has 116 valence electrons. The molecule has 1 unspecified atom stereocenters.